The summed E-state index contributed by atoms with van der Waals surface area (Å²) in [7, 11) is 3.14. The molecule has 1 N–H and O–H groups in total. The number of hydrogen-bond acceptors (Lipinski definition) is 6. The molecule has 0 atom stereocenters. The summed E-state index contributed by atoms with van der Waals surface area (Å²) >= 11 is 0. The predicted octanol–water partition coefficient (Wildman–Crippen LogP) is 1.54. The first-order valence-electron chi connectivity index (χ1n) is 6.81. The SMILES string of the molecule is COc1ccc(CCNC(=O)OCCOC(C)=O)cc1OC. The van der Waals surface area contributed by atoms with E-state index in [2.05, 4.69) is 10.1 Å². The molecule has 122 valence electrons. The maximum atomic E-state index is 11.4. The first-order valence-corrected chi connectivity index (χ1v) is 6.81. The zero-order valence-electron chi connectivity index (χ0n) is 13.0. The summed E-state index contributed by atoms with van der Waals surface area (Å²) in [6, 6.07) is 5.56. The molecular formula is C15H21NO6. The van der Waals surface area contributed by atoms with Crippen LogP contribution in [0.15, 0.2) is 18.2 Å². The topological polar surface area (TPSA) is 83.1 Å². The van der Waals surface area contributed by atoms with Gasteiger partial charge < -0.3 is 24.3 Å². The molecule has 1 rings (SSSR count). The largest absolute Gasteiger partial charge is 0.493 e. The highest BCUT2D eigenvalue weighted by molar-refractivity contribution is 5.67. The molecule has 1 aromatic rings. The highest BCUT2D eigenvalue weighted by Crippen LogP contribution is 2.27. The van der Waals surface area contributed by atoms with Crippen LogP contribution in [0.25, 0.3) is 0 Å². The number of nitrogens with one attached hydrogen (secondary N) is 1. The van der Waals surface area contributed by atoms with E-state index in [0.717, 1.165) is 5.56 Å². The molecule has 7 nitrogen and oxygen atoms in total. The molecule has 0 aliphatic rings. The molecule has 0 aliphatic heterocycles. The molecule has 1 aromatic carbocycles. The fraction of sp³-hybridized carbons (Fsp3) is 0.467. The van der Waals surface area contributed by atoms with E-state index in [-0.39, 0.29) is 13.2 Å². The van der Waals surface area contributed by atoms with E-state index in [0.29, 0.717) is 24.5 Å². The number of esters is 1. The van der Waals surface area contributed by atoms with Crippen molar-refractivity contribution in [3.8, 4) is 11.5 Å². The van der Waals surface area contributed by atoms with E-state index in [4.69, 9.17) is 14.2 Å². The second kappa shape index (κ2) is 9.49. The van der Waals surface area contributed by atoms with Crippen LogP contribution < -0.4 is 14.8 Å². The Morgan fingerprint density at radius 3 is 2.36 bits per heavy atom. The van der Waals surface area contributed by atoms with Gasteiger partial charge in [-0.05, 0) is 24.1 Å². The maximum absolute atomic E-state index is 11.4. The third-order valence-corrected chi connectivity index (χ3v) is 2.75. The van der Waals surface area contributed by atoms with Gasteiger partial charge >= 0.3 is 12.1 Å². The molecule has 0 saturated heterocycles. The quantitative estimate of drug-likeness (QED) is 0.579. The molecular weight excluding hydrogens is 290 g/mol. The summed E-state index contributed by atoms with van der Waals surface area (Å²) < 4.78 is 19.8. The molecule has 0 aromatic heterocycles. The predicted molar refractivity (Wildman–Crippen MR) is 79.2 cm³/mol. The molecule has 0 unspecified atom stereocenters. The smallest absolute Gasteiger partial charge is 0.407 e. The van der Waals surface area contributed by atoms with Crippen LogP contribution in [0.4, 0.5) is 4.79 Å². The van der Waals surface area contributed by atoms with Crippen molar-refractivity contribution >= 4 is 12.1 Å². The Labute approximate surface area is 129 Å². The highest BCUT2D eigenvalue weighted by atomic mass is 16.6. The van der Waals surface area contributed by atoms with Crippen molar-refractivity contribution in [1.82, 2.24) is 5.32 Å². The average molecular weight is 311 g/mol. The summed E-state index contributed by atoms with van der Waals surface area (Å²) in [6.07, 6.45) is 0.0759. The molecule has 1 amide bonds. The van der Waals surface area contributed by atoms with Crippen LogP contribution >= 0.6 is 0 Å². The lowest BCUT2D eigenvalue weighted by Crippen LogP contribution is -2.27. The lowest BCUT2D eigenvalue weighted by Gasteiger charge is -2.10. The fourth-order valence-electron chi connectivity index (χ4n) is 1.72. The number of rotatable bonds is 8. The van der Waals surface area contributed by atoms with Crippen LogP contribution in [0.2, 0.25) is 0 Å². The van der Waals surface area contributed by atoms with E-state index >= 15 is 0 Å². The number of amides is 1. The van der Waals surface area contributed by atoms with E-state index in [1.54, 1.807) is 14.2 Å². The summed E-state index contributed by atoms with van der Waals surface area (Å²) in [5.41, 5.74) is 0.998. The second-order valence-corrected chi connectivity index (χ2v) is 4.34. The molecule has 0 spiro atoms. The van der Waals surface area contributed by atoms with Crippen molar-refractivity contribution in [3.63, 3.8) is 0 Å². The van der Waals surface area contributed by atoms with E-state index in [1.165, 1.54) is 6.92 Å². The van der Waals surface area contributed by atoms with Crippen LogP contribution in [-0.4, -0.2) is 46.0 Å². The molecule has 0 saturated carbocycles. The Balaban J connectivity index is 2.29. The van der Waals surface area contributed by atoms with Crippen LogP contribution in [0, 0.1) is 0 Å². The minimum atomic E-state index is -0.548. The Kier molecular flexibility index (Phi) is 7.60. The van der Waals surface area contributed by atoms with Crippen LogP contribution in [-0.2, 0) is 20.7 Å². The number of alkyl carbamates (subject to hydrolysis) is 1. The average Bonchev–Trinajstić information content (AvgIpc) is 2.51. The van der Waals surface area contributed by atoms with Crippen molar-refractivity contribution in [1.29, 1.82) is 0 Å². The number of carbonyl (C=O) groups is 2. The van der Waals surface area contributed by atoms with Crippen LogP contribution in [0.1, 0.15) is 12.5 Å². The van der Waals surface area contributed by atoms with Gasteiger partial charge in [0, 0.05) is 13.5 Å². The van der Waals surface area contributed by atoms with Gasteiger partial charge in [0.05, 0.1) is 14.2 Å². The van der Waals surface area contributed by atoms with Gasteiger partial charge in [-0.3, -0.25) is 4.79 Å². The van der Waals surface area contributed by atoms with E-state index < -0.39 is 12.1 Å². The number of hydrogen-bond donors (Lipinski definition) is 1. The van der Waals surface area contributed by atoms with Gasteiger partial charge in [0.1, 0.15) is 13.2 Å². The number of methoxy groups -OCH3 is 2. The molecule has 0 radical (unpaired) electrons. The number of carbonyl (C=O) groups excluding carboxylic acids is 2. The lowest BCUT2D eigenvalue weighted by atomic mass is 10.1. The van der Waals surface area contributed by atoms with E-state index in [9.17, 15) is 9.59 Å². The summed E-state index contributed by atoms with van der Waals surface area (Å²) in [5, 5.41) is 2.61. The lowest BCUT2D eigenvalue weighted by molar-refractivity contribution is -0.141. The number of benzene rings is 1. The van der Waals surface area contributed by atoms with Gasteiger partial charge in [-0.2, -0.15) is 0 Å². The number of ether oxygens (including phenoxy) is 4. The first kappa shape index (κ1) is 17.6. The zero-order chi connectivity index (χ0) is 16.4. The monoisotopic (exact) mass is 311 g/mol. The maximum Gasteiger partial charge on any atom is 0.407 e. The molecule has 22 heavy (non-hydrogen) atoms. The first-order chi connectivity index (χ1) is 10.6. The van der Waals surface area contributed by atoms with Crippen LogP contribution in [0.5, 0.6) is 11.5 Å². The van der Waals surface area contributed by atoms with Gasteiger partial charge in [-0.25, -0.2) is 4.79 Å². The van der Waals surface area contributed by atoms with Crippen molar-refractivity contribution in [3.05, 3.63) is 23.8 Å². The van der Waals surface area contributed by atoms with Gasteiger partial charge in [-0.15, -0.1) is 0 Å². The van der Waals surface area contributed by atoms with Gasteiger partial charge in [0.25, 0.3) is 0 Å². The summed E-state index contributed by atoms with van der Waals surface area (Å²) in [4.78, 5) is 21.9. The zero-order valence-corrected chi connectivity index (χ0v) is 13.0. The Bertz CT molecular complexity index is 503. The Morgan fingerprint density at radius 2 is 1.73 bits per heavy atom. The Morgan fingerprint density at radius 1 is 1.05 bits per heavy atom. The molecule has 0 fully saturated rings. The van der Waals surface area contributed by atoms with E-state index in [1.807, 2.05) is 18.2 Å². The summed E-state index contributed by atoms with van der Waals surface area (Å²) in [6.45, 7) is 1.80. The van der Waals surface area contributed by atoms with Gasteiger partial charge in [0.15, 0.2) is 11.5 Å². The second-order valence-electron chi connectivity index (χ2n) is 4.34. The van der Waals surface area contributed by atoms with Crippen molar-refractivity contribution in [2.24, 2.45) is 0 Å². The molecule has 0 bridgehead atoms. The fourth-order valence-corrected chi connectivity index (χ4v) is 1.72. The minimum Gasteiger partial charge on any atom is -0.493 e. The Hall–Kier alpha value is -2.44. The molecule has 0 heterocycles. The van der Waals surface area contributed by atoms with Gasteiger partial charge in [-0.1, -0.05) is 6.07 Å². The normalized spacial score (nSPS) is 9.77. The van der Waals surface area contributed by atoms with Gasteiger partial charge in [0.2, 0.25) is 0 Å². The molecule has 0 aliphatic carbocycles. The minimum absolute atomic E-state index is 0.0295. The highest BCUT2D eigenvalue weighted by Gasteiger charge is 2.06. The summed E-state index contributed by atoms with van der Waals surface area (Å²) in [5.74, 6) is 0.894. The third kappa shape index (κ3) is 6.34. The van der Waals surface area contributed by atoms with Crippen molar-refractivity contribution < 1.29 is 28.5 Å². The van der Waals surface area contributed by atoms with Crippen molar-refractivity contribution in [2.45, 2.75) is 13.3 Å². The standard InChI is InChI=1S/C15H21NO6/c1-11(17)21-8-9-22-15(18)16-7-6-12-4-5-13(19-2)14(10-12)20-3/h4-5,10H,6-9H2,1-3H3,(H,16,18). The molecule has 7 heteroatoms. The van der Waals surface area contributed by atoms with Crippen LogP contribution in [0.3, 0.4) is 0 Å². The van der Waals surface area contributed by atoms with Crippen molar-refractivity contribution in [2.75, 3.05) is 34.0 Å². The third-order valence-electron chi connectivity index (χ3n) is 2.75.